The summed E-state index contributed by atoms with van der Waals surface area (Å²) in [6.45, 7) is 6.44. The van der Waals surface area contributed by atoms with Crippen molar-refractivity contribution >= 4 is 22.8 Å². The Hall–Kier alpha value is -3.40. The summed E-state index contributed by atoms with van der Waals surface area (Å²) in [6.07, 6.45) is -3.05. The van der Waals surface area contributed by atoms with Crippen molar-refractivity contribution in [2.45, 2.75) is 25.9 Å². The number of benzene rings is 2. The molecule has 0 spiro atoms. The zero-order valence-electron chi connectivity index (χ0n) is 19.0. The molecular formula is C24H27F3N4O3. The first kappa shape index (κ1) is 25.2. The number of carboxylic acid groups (broad SMARTS) is 1. The number of aryl methyl sites for hydroxylation is 1. The molecule has 1 saturated heterocycles. The summed E-state index contributed by atoms with van der Waals surface area (Å²) < 4.78 is 37.1. The fraction of sp³-hybridized carbons (Fsp3) is 0.375. The van der Waals surface area contributed by atoms with Gasteiger partial charge in [0.15, 0.2) is 0 Å². The number of aliphatic carboxylic acids is 1. The van der Waals surface area contributed by atoms with Gasteiger partial charge in [-0.05, 0) is 55.8 Å². The average Bonchev–Trinajstić information content (AvgIpc) is 2.76. The first-order valence-corrected chi connectivity index (χ1v) is 10.8. The molecule has 1 aliphatic heterocycles. The standard InChI is InChI=1S/C22H26N4O.C2HF3O2/c1-16-6-3-9-19-21(16)25-22(23-10-13-26-11-5-12-26)20(24-19)15-17-7-4-8-18(14-17)27-2;3-2(4,5)1(6)7/h3-4,6-9,14H,5,10-13,15H2,1-2H3,(H,23,25);(H,6,7). The van der Waals surface area contributed by atoms with Crippen LogP contribution in [0, 0.1) is 6.92 Å². The number of fused-ring (bicyclic) bond motifs is 1. The van der Waals surface area contributed by atoms with Gasteiger partial charge >= 0.3 is 12.1 Å². The van der Waals surface area contributed by atoms with E-state index in [1.54, 1.807) is 7.11 Å². The summed E-state index contributed by atoms with van der Waals surface area (Å²) in [5.41, 5.74) is 5.21. The van der Waals surface area contributed by atoms with E-state index in [1.165, 1.54) is 25.1 Å². The normalized spacial score (nSPS) is 13.6. The Kier molecular flexibility index (Phi) is 8.27. The Morgan fingerprint density at radius 1 is 1.18 bits per heavy atom. The minimum absolute atomic E-state index is 0.722. The van der Waals surface area contributed by atoms with Crippen LogP contribution in [0.25, 0.3) is 11.0 Å². The topological polar surface area (TPSA) is 87.6 Å². The fourth-order valence-electron chi connectivity index (χ4n) is 3.43. The molecule has 1 fully saturated rings. The molecule has 7 nitrogen and oxygen atoms in total. The number of ether oxygens (including phenoxy) is 1. The van der Waals surface area contributed by atoms with E-state index in [1.807, 2.05) is 24.3 Å². The van der Waals surface area contributed by atoms with Crippen LogP contribution in [0.2, 0.25) is 0 Å². The van der Waals surface area contributed by atoms with Crippen LogP contribution in [0.15, 0.2) is 42.5 Å². The van der Waals surface area contributed by atoms with Crippen LogP contribution >= 0.6 is 0 Å². The Bertz CT molecular complexity index is 1130. The Morgan fingerprint density at radius 3 is 2.50 bits per heavy atom. The van der Waals surface area contributed by atoms with Crippen molar-refractivity contribution in [3.63, 3.8) is 0 Å². The largest absolute Gasteiger partial charge is 0.497 e. The lowest BCUT2D eigenvalue weighted by Crippen LogP contribution is -2.40. The molecule has 2 heterocycles. The maximum absolute atomic E-state index is 10.6. The molecule has 0 radical (unpaired) electrons. The second-order valence-corrected chi connectivity index (χ2v) is 7.91. The van der Waals surface area contributed by atoms with Gasteiger partial charge in [0.1, 0.15) is 11.6 Å². The van der Waals surface area contributed by atoms with Gasteiger partial charge in [0.25, 0.3) is 0 Å². The number of nitrogens with one attached hydrogen (secondary N) is 1. The maximum Gasteiger partial charge on any atom is 0.490 e. The van der Waals surface area contributed by atoms with Crippen LogP contribution in [0.5, 0.6) is 5.75 Å². The van der Waals surface area contributed by atoms with Gasteiger partial charge in [0.2, 0.25) is 0 Å². The zero-order chi connectivity index (χ0) is 24.7. The lowest BCUT2D eigenvalue weighted by Gasteiger charge is -2.30. The molecule has 182 valence electrons. The molecule has 34 heavy (non-hydrogen) atoms. The van der Waals surface area contributed by atoms with E-state index in [0.29, 0.717) is 0 Å². The molecule has 0 bridgehead atoms. The van der Waals surface area contributed by atoms with E-state index in [4.69, 9.17) is 24.6 Å². The number of alkyl halides is 3. The van der Waals surface area contributed by atoms with Crippen LogP contribution in [-0.4, -0.2) is 65.4 Å². The lowest BCUT2D eigenvalue weighted by molar-refractivity contribution is -0.192. The van der Waals surface area contributed by atoms with Gasteiger partial charge in [-0.1, -0.05) is 24.3 Å². The minimum atomic E-state index is -5.08. The van der Waals surface area contributed by atoms with Gasteiger partial charge in [-0.3, -0.25) is 0 Å². The number of halogens is 3. The van der Waals surface area contributed by atoms with E-state index in [0.717, 1.165) is 53.4 Å². The van der Waals surface area contributed by atoms with Crippen molar-refractivity contribution in [1.29, 1.82) is 0 Å². The SMILES string of the molecule is COc1cccc(Cc2nc3cccc(C)c3nc2NCCN2CCC2)c1.O=C(O)C(F)(F)F. The number of anilines is 1. The molecule has 0 unspecified atom stereocenters. The number of hydrogen-bond acceptors (Lipinski definition) is 6. The Morgan fingerprint density at radius 2 is 1.88 bits per heavy atom. The molecule has 10 heteroatoms. The summed E-state index contributed by atoms with van der Waals surface area (Å²) in [6, 6.07) is 14.3. The van der Waals surface area contributed by atoms with Crippen molar-refractivity contribution in [3.8, 4) is 5.75 Å². The second-order valence-electron chi connectivity index (χ2n) is 7.91. The number of nitrogens with zero attached hydrogens (tertiary/aromatic N) is 3. The third-order valence-electron chi connectivity index (χ3n) is 5.39. The van der Waals surface area contributed by atoms with Crippen LogP contribution < -0.4 is 10.1 Å². The monoisotopic (exact) mass is 476 g/mol. The van der Waals surface area contributed by atoms with Crippen molar-refractivity contribution in [2.24, 2.45) is 0 Å². The summed E-state index contributed by atoms with van der Waals surface area (Å²) >= 11 is 0. The number of aromatic nitrogens is 2. The van der Waals surface area contributed by atoms with Gasteiger partial charge in [-0.15, -0.1) is 0 Å². The van der Waals surface area contributed by atoms with Gasteiger partial charge < -0.3 is 20.1 Å². The van der Waals surface area contributed by atoms with Crippen LogP contribution in [-0.2, 0) is 11.2 Å². The van der Waals surface area contributed by atoms with Crippen LogP contribution in [0.3, 0.4) is 0 Å². The van der Waals surface area contributed by atoms with Gasteiger partial charge in [-0.2, -0.15) is 13.2 Å². The van der Waals surface area contributed by atoms with Crippen molar-refractivity contribution in [3.05, 3.63) is 59.3 Å². The maximum atomic E-state index is 10.6. The molecule has 0 saturated carbocycles. The third kappa shape index (κ3) is 6.80. The van der Waals surface area contributed by atoms with Gasteiger partial charge in [0.05, 0.1) is 23.8 Å². The highest BCUT2D eigenvalue weighted by atomic mass is 19.4. The van der Waals surface area contributed by atoms with Gasteiger partial charge in [-0.25, -0.2) is 14.8 Å². The highest BCUT2D eigenvalue weighted by Gasteiger charge is 2.38. The number of hydrogen-bond donors (Lipinski definition) is 2. The van der Waals surface area contributed by atoms with E-state index in [-0.39, 0.29) is 0 Å². The lowest BCUT2D eigenvalue weighted by atomic mass is 10.1. The number of methoxy groups -OCH3 is 1. The van der Waals surface area contributed by atoms with E-state index >= 15 is 0 Å². The summed E-state index contributed by atoms with van der Waals surface area (Å²) in [5, 5.41) is 10.7. The third-order valence-corrected chi connectivity index (χ3v) is 5.39. The average molecular weight is 476 g/mol. The smallest absolute Gasteiger partial charge is 0.490 e. The zero-order valence-corrected chi connectivity index (χ0v) is 19.0. The van der Waals surface area contributed by atoms with Crippen molar-refractivity contribution in [2.75, 3.05) is 38.6 Å². The van der Waals surface area contributed by atoms with E-state index in [9.17, 15) is 13.2 Å². The molecule has 2 aromatic carbocycles. The number of carboxylic acids is 1. The molecule has 3 aromatic rings. The summed E-state index contributed by atoms with van der Waals surface area (Å²) in [4.78, 5) is 21.2. The fourth-order valence-corrected chi connectivity index (χ4v) is 3.43. The van der Waals surface area contributed by atoms with Crippen LogP contribution in [0.4, 0.5) is 19.0 Å². The Balaban J connectivity index is 0.000000406. The van der Waals surface area contributed by atoms with E-state index < -0.39 is 12.1 Å². The van der Waals surface area contributed by atoms with Crippen molar-refractivity contribution in [1.82, 2.24) is 14.9 Å². The first-order valence-electron chi connectivity index (χ1n) is 10.8. The number of likely N-dealkylation sites (tertiary alicyclic amines) is 1. The molecule has 0 amide bonds. The molecular weight excluding hydrogens is 449 g/mol. The molecule has 1 aliphatic rings. The number of carbonyl (C=O) groups is 1. The number of rotatable bonds is 7. The van der Waals surface area contributed by atoms with Crippen LogP contribution in [0.1, 0.15) is 23.2 Å². The molecule has 1 aromatic heterocycles. The van der Waals surface area contributed by atoms with E-state index in [2.05, 4.69) is 35.3 Å². The molecule has 0 atom stereocenters. The summed E-state index contributed by atoms with van der Waals surface area (Å²) in [7, 11) is 1.69. The predicted octanol–water partition coefficient (Wildman–Crippen LogP) is 4.29. The summed E-state index contributed by atoms with van der Waals surface area (Å²) in [5.74, 6) is -1.00. The Labute approximate surface area is 195 Å². The number of para-hydroxylation sites is 1. The molecule has 4 rings (SSSR count). The van der Waals surface area contributed by atoms with Gasteiger partial charge in [0, 0.05) is 19.5 Å². The first-order chi connectivity index (χ1) is 16.2. The highest BCUT2D eigenvalue weighted by molar-refractivity contribution is 5.79. The quantitative estimate of drug-likeness (QED) is 0.526. The molecule has 0 aliphatic carbocycles. The highest BCUT2D eigenvalue weighted by Crippen LogP contribution is 2.23. The predicted molar refractivity (Wildman–Crippen MR) is 123 cm³/mol. The van der Waals surface area contributed by atoms with Crippen molar-refractivity contribution < 1.29 is 27.8 Å². The second kappa shape index (κ2) is 11.1. The molecule has 2 N–H and O–H groups in total. The minimum Gasteiger partial charge on any atom is -0.497 e.